The number of nitrogens with one attached hydrogen (secondary N) is 1. The average Bonchev–Trinajstić information content (AvgIpc) is 2.92. The van der Waals surface area contributed by atoms with Gasteiger partial charge in [0.1, 0.15) is 16.9 Å². The van der Waals surface area contributed by atoms with Gasteiger partial charge in [0.05, 0.1) is 5.56 Å². The smallest absolute Gasteiger partial charge is 0.147 e. The predicted octanol–water partition coefficient (Wildman–Crippen LogP) is 4.94. The summed E-state index contributed by atoms with van der Waals surface area (Å²) in [7, 11) is 0. The number of anilines is 2. The number of piperazine rings is 1. The lowest BCUT2D eigenvalue weighted by atomic mass is 9.89. The molecule has 1 aromatic heterocycles. The van der Waals surface area contributed by atoms with Crippen molar-refractivity contribution < 1.29 is 0 Å². The van der Waals surface area contributed by atoms with Crippen molar-refractivity contribution in [3.63, 3.8) is 0 Å². The Balaban J connectivity index is 1.39. The fraction of sp³-hybridized carbons (Fsp3) is 0.321. The molecule has 6 heteroatoms. The molecule has 0 spiro atoms. The standard InChI is InChI=1S/C28H29N5S/c29-19-24-25(20-30-22-11-5-2-6-12-22)23-13-7-8-14-26(23)31-27(24)32-15-17-33(18-16-32)28(34)21-9-3-1-4-10-21/h1-6,9-12,30H,7-8,13-18,20H2. The quantitative estimate of drug-likeness (QED) is 0.537. The molecule has 5 nitrogen and oxygen atoms in total. The molecule has 3 aromatic rings. The molecule has 34 heavy (non-hydrogen) atoms. The zero-order valence-electron chi connectivity index (χ0n) is 19.3. The van der Waals surface area contributed by atoms with Gasteiger partial charge in [-0.15, -0.1) is 0 Å². The van der Waals surface area contributed by atoms with E-state index in [-0.39, 0.29) is 0 Å². The molecule has 1 fully saturated rings. The van der Waals surface area contributed by atoms with E-state index in [1.807, 2.05) is 36.4 Å². The first kappa shape index (κ1) is 22.4. The first-order chi connectivity index (χ1) is 16.7. The van der Waals surface area contributed by atoms with E-state index in [0.717, 1.165) is 85.0 Å². The van der Waals surface area contributed by atoms with Gasteiger partial charge >= 0.3 is 0 Å². The van der Waals surface area contributed by atoms with E-state index >= 15 is 0 Å². The topological polar surface area (TPSA) is 55.2 Å². The molecule has 0 unspecified atom stereocenters. The second-order valence-electron chi connectivity index (χ2n) is 8.90. The van der Waals surface area contributed by atoms with Crippen molar-refractivity contribution in [2.45, 2.75) is 32.2 Å². The summed E-state index contributed by atoms with van der Waals surface area (Å²) < 4.78 is 0. The number of nitriles is 1. The molecule has 1 aliphatic carbocycles. The van der Waals surface area contributed by atoms with Crippen molar-refractivity contribution in [3.8, 4) is 6.07 Å². The van der Waals surface area contributed by atoms with Crippen molar-refractivity contribution >= 4 is 28.7 Å². The Morgan fingerprint density at radius 1 is 0.941 bits per heavy atom. The molecule has 2 aliphatic rings. The summed E-state index contributed by atoms with van der Waals surface area (Å²) in [5.74, 6) is 0.846. The fourth-order valence-corrected chi connectivity index (χ4v) is 5.30. The van der Waals surface area contributed by atoms with Crippen LogP contribution in [0.3, 0.4) is 0 Å². The van der Waals surface area contributed by atoms with Gasteiger partial charge in [0, 0.05) is 49.7 Å². The molecule has 2 heterocycles. The Morgan fingerprint density at radius 2 is 1.62 bits per heavy atom. The van der Waals surface area contributed by atoms with Crippen LogP contribution in [0.5, 0.6) is 0 Å². The summed E-state index contributed by atoms with van der Waals surface area (Å²) >= 11 is 5.76. The number of hydrogen-bond donors (Lipinski definition) is 1. The maximum absolute atomic E-state index is 10.2. The normalized spacial score (nSPS) is 15.4. The number of benzene rings is 2. The van der Waals surface area contributed by atoms with Crippen LogP contribution in [-0.2, 0) is 19.4 Å². The summed E-state index contributed by atoms with van der Waals surface area (Å²) in [5.41, 5.74) is 6.45. The van der Waals surface area contributed by atoms with Crippen molar-refractivity contribution in [1.29, 1.82) is 5.26 Å². The highest BCUT2D eigenvalue weighted by atomic mass is 32.1. The van der Waals surface area contributed by atoms with Gasteiger partial charge in [0.2, 0.25) is 0 Å². The fourth-order valence-electron chi connectivity index (χ4n) is 4.98. The van der Waals surface area contributed by atoms with Gasteiger partial charge in [-0.3, -0.25) is 0 Å². The maximum atomic E-state index is 10.2. The number of thiocarbonyl (C=S) groups is 1. The molecule has 2 aromatic carbocycles. The first-order valence-electron chi connectivity index (χ1n) is 12.1. The minimum absolute atomic E-state index is 0.642. The van der Waals surface area contributed by atoms with Crippen LogP contribution in [0.25, 0.3) is 0 Å². The number of hydrogen-bond acceptors (Lipinski definition) is 5. The van der Waals surface area contributed by atoms with E-state index in [2.05, 4.69) is 45.5 Å². The first-order valence-corrected chi connectivity index (χ1v) is 12.5. The van der Waals surface area contributed by atoms with Crippen molar-refractivity contribution in [1.82, 2.24) is 9.88 Å². The van der Waals surface area contributed by atoms with Crippen molar-refractivity contribution in [3.05, 3.63) is 88.6 Å². The Labute approximate surface area is 207 Å². The predicted molar refractivity (Wildman–Crippen MR) is 141 cm³/mol. The lowest BCUT2D eigenvalue weighted by molar-refractivity contribution is 0.390. The number of fused-ring (bicyclic) bond motifs is 1. The molecule has 0 amide bonds. The maximum Gasteiger partial charge on any atom is 0.147 e. The molecule has 172 valence electrons. The number of para-hydroxylation sites is 1. The van der Waals surface area contributed by atoms with Gasteiger partial charge in [-0.2, -0.15) is 5.26 Å². The van der Waals surface area contributed by atoms with Gasteiger partial charge in [-0.05, 0) is 48.9 Å². The van der Waals surface area contributed by atoms with Crippen LogP contribution >= 0.6 is 12.2 Å². The number of rotatable bonds is 5. The SMILES string of the molecule is N#Cc1c(N2CCN(C(=S)c3ccccc3)CC2)nc2c(c1CNc1ccccc1)CCCC2. The van der Waals surface area contributed by atoms with Crippen LogP contribution in [-0.4, -0.2) is 41.1 Å². The van der Waals surface area contributed by atoms with Crippen LogP contribution in [0.1, 0.15) is 40.8 Å². The van der Waals surface area contributed by atoms with Gasteiger partial charge < -0.3 is 15.1 Å². The van der Waals surface area contributed by atoms with E-state index < -0.39 is 0 Å². The second-order valence-corrected chi connectivity index (χ2v) is 9.28. The van der Waals surface area contributed by atoms with Crippen LogP contribution in [0.4, 0.5) is 11.5 Å². The number of nitrogens with zero attached hydrogens (tertiary/aromatic N) is 4. The molecule has 5 rings (SSSR count). The zero-order valence-corrected chi connectivity index (χ0v) is 20.2. The Bertz CT molecular complexity index is 1190. The summed E-state index contributed by atoms with van der Waals surface area (Å²) in [6.45, 7) is 3.91. The molecular weight excluding hydrogens is 438 g/mol. The van der Waals surface area contributed by atoms with E-state index in [9.17, 15) is 5.26 Å². The third kappa shape index (κ3) is 4.62. The molecule has 0 radical (unpaired) electrons. The van der Waals surface area contributed by atoms with Gasteiger partial charge in [-0.1, -0.05) is 60.7 Å². The minimum atomic E-state index is 0.642. The largest absolute Gasteiger partial charge is 0.381 e. The van der Waals surface area contributed by atoms with Crippen LogP contribution < -0.4 is 10.2 Å². The summed E-state index contributed by atoms with van der Waals surface area (Å²) in [5, 5.41) is 13.8. The monoisotopic (exact) mass is 467 g/mol. The highest BCUT2D eigenvalue weighted by Gasteiger charge is 2.27. The second kappa shape index (κ2) is 10.2. The van der Waals surface area contributed by atoms with Gasteiger partial charge in [0.25, 0.3) is 0 Å². The Hall–Kier alpha value is -3.43. The van der Waals surface area contributed by atoms with Crippen LogP contribution in [0.15, 0.2) is 60.7 Å². The third-order valence-corrected chi connectivity index (χ3v) is 7.31. The molecule has 0 atom stereocenters. The molecule has 0 saturated carbocycles. The molecule has 0 bridgehead atoms. The van der Waals surface area contributed by atoms with Gasteiger partial charge in [0.15, 0.2) is 0 Å². The number of pyridine rings is 1. The third-order valence-electron chi connectivity index (χ3n) is 6.81. The highest BCUT2D eigenvalue weighted by Crippen LogP contribution is 2.32. The summed E-state index contributed by atoms with van der Waals surface area (Å²) in [6.07, 6.45) is 4.31. The molecular formula is C28H29N5S. The van der Waals surface area contributed by atoms with Crippen LogP contribution in [0.2, 0.25) is 0 Å². The molecule has 1 saturated heterocycles. The average molecular weight is 468 g/mol. The van der Waals surface area contributed by atoms with E-state index in [1.165, 1.54) is 11.3 Å². The van der Waals surface area contributed by atoms with Crippen molar-refractivity contribution in [2.24, 2.45) is 0 Å². The van der Waals surface area contributed by atoms with E-state index in [1.54, 1.807) is 0 Å². The zero-order chi connectivity index (χ0) is 23.3. The highest BCUT2D eigenvalue weighted by molar-refractivity contribution is 7.80. The molecule has 1 N–H and O–H groups in total. The van der Waals surface area contributed by atoms with E-state index in [0.29, 0.717) is 6.54 Å². The Morgan fingerprint density at radius 3 is 2.32 bits per heavy atom. The van der Waals surface area contributed by atoms with Crippen LogP contribution in [0, 0.1) is 11.3 Å². The number of aromatic nitrogens is 1. The number of aryl methyl sites for hydroxylation is 1. The molecule has 1 aliphatic heterocycles. The Kier molecular flexibility index (Phi) is 6.73. The summed E-state index contributed by atoms with van der Waals surface area (Å²) in [4.78, 5) is 10.5. The van der Waals surface area contributed by atoms with Gasteiger partial charge in [-0.25, -0.2) is 4.98 Å². The van der Waals surface area contributed by atoms with E-state index in [4.69, 9.17) is 17.2 Å². The lowest BCUT2D eigenvalue weighted by Gasteiger charge is -2.38. The van der Waals surface area contributed by atoms with Crippen molar-refractivity contribution in [2.75, 3.05) is 36.4 Å². The minimum Gasteiger partial charge on any atom is -0.381 e. The summed E-state index contributed by atoms with van der Waals surface area (Å²) in [6, 6.07) is 22.9. The lowest BCUT2D eigenvalue weighted by Crippen LogP contribution is -2.49.